The van der Waals surface area contributed by atoms with Crippen molar-refractivity contribution in [2.75, 3.05) is 19.6 Å². The molecule has 19 heavy (non-hydrogen) atoms. The van der Waals surface area contributed by atoms with Crippen molar-refractivity contribution >= 4 is 12.1 Å². The first kappa shape index (κ1) is 13.8. The van der Waals surface area contributed by atoms with Crippen LogP contribution in [0.1, 0.15) is 18.4 Å². The fraction of sp³-hybridized carbons (Fsp3) is 0.538. The summed E-state index contributed by atoms with van der Waals surface area (Å²) in [5.74, 6) is -0.247. The lowest BCUT2D eigenvalue weighted by atomic mass is 10.0. The average Bonchev–Trinajstić information content (AvgIpc) is 2.85. The number of nitrogens with zero attached hydrogens (tertiary/aromatic N) is 3. The van der Waals surface area contributed by atoms with Crippen molar-refractivity contribution in [1.29, 1.82) is 0 Å². The normalized spacial score (nSPS) is 17.5. The molecular weight excluding hydrogens is 242 g/mol. The lowest BCUT2D eigenvalue weighted by Gasteiger charge is -2.31. The van der Waals surface area contributed by atoms with Gasteiger partial charge in [0.2, 0.25) is 5.91 Å². The standard InChI is InChI=1S/C13H21N5O/c1-2-18-9-11(8-16-18)7-15-12-3-5-17(6-4-12)10-13(14)19/h2,8-9,12,15H,1,3-7,10H2,(H2,14,19). The first-order chi connectivity index (χ1) is 9.17. The van der Waals surface area contributed by atoms with Gasteiger partial charge >= 0.3 is 0 Å². The lowest BCUT2D eigenvalue weighted by Crippen LogP contribution is -2.45. The molecule has 0 saturated carbocycles. The van der Waals surface area contributed by atoms with Crippen LogP contribution in [0.25, 0.3) is 6.20 Å². The van der Waals surface area contributed by atoms with Gasteiger partial charge in [-0.15, -0.1) is 0 Å². The molecule has 0 unspecified atom stereocenters. The van der Waals surface area contributed by atoms with Crippen molar-refractivity contribution in [2.45, 2.75) is 25.4 Å². The zero-order valence-corrected chi connectivity index (χ0v) is 11.1. The van der Waals surface area contributed by atoms with Crippen LogP contribution in [0.2, 0.25) is 0 Å². The SMILES string of the molecule is C=Cn1cc(CNC2CCN(CC(N)=O)CC2)cn1. The van der Waals surface area contributed by atoms with Crippen molar-refractivity contribution in [3.05, 3.63) is 24.5 Å². The maximum absolute atomic E-state index is 10.8. The Labute approximate surface area is 113 Å². The van der Waals surface area contributed by atoms with Crippen molar-refractivity contribution < 1.29 is 4.79 Å². The van der Waals surface area contributed by atoms with Crippen LogP contribution in [-0.4, -0.2) is 46.3 Å². The zero-order chi connectivity index (χ0) is 13.7. The molecule has 1 aromatic heterocycles. The molecule has 104 valence electrons. The second kappa shape index (κ2) is 6.49. The van der Waals surface area contributed by atoms with Crippen LogP contribution in [0.4, 0.5) is 0 Å². The fourth-order valence-electron chi connectivity index (χ4n) is 2.35. The highest BCUT2D eigenvalue weighted by atomic mass is 16.1. The van der Waals surface area contributed by atoms with Crippen LogP contribution < -0.4 is 11.1 Å². The van der Waals surface area contributed by atoms with Gasteiger partial charge in [-0.3, -0.25) is 9.69 Å². The van der Waals surface area contributed by atoms with E-state index in [0.29, 0.717) is 12.6 Å². The number of carbonyl (C=O) groups is 1. The quantitative estimate of drug-likeness (QED) is 0.759. The van der Waals surface area contributed by atoms with E-state index in [-0.39, 0.29) is 5.91 Å². The third-order valence-corrected chi connectivity index (χ3v) is 3.40. The molecule has 6 heteroatoms. The molecule has 0 bridgehead atoms. The second-order valence-electron chi connectivity index (χ2n) is 4.91. The number of primary amides is 1. The monoisotopic (exact) mass is 263 g/mol. The third kappa shape index (κ3) is 4.18. The van der Waals surface area contributed by atoms with Crippen LogP contribution >= 0.6 is 0 Å². The van der Waals surface area contributed by atoms with Crippen LogP contribution in [-0.2, 0) is 11.3 Å². The number of nitrogens with one attached hydrogen (secondary N) is 1. The minimum atomic E-state index is -0.247. The molecule has 1 aromatic rings. The molecule has 2 heterocycles. The van der Waals surface area contributed by atoms with Crippen LogP contribution in [0.5, 0.6) is 0 Å². The third-order valence-electron chi connectivity index (χ3n) is 3.40. The number of rotatable bonds is 6. The van der Waals surface area contributed by atoms with E-state index in [9.17, 15) is 4.79 Å². The summed E-state index contributed by atoms with van der Waals surface area (Å²) in [6, 6.07) is 0.496. The van der Waals surface area contributed by atoms with Gasteiger partial charge in [0.15, 0.2) is 0 Å². The van der Waals surface area contributed by atoms with E-state index in [4.69, 9.17) is 5.73 Å². The molecule has 1 aliphatic rings. The highest BCUT2D eigenvalue weighted by Crippen LogP contribution is 2.10. The number of amides is 1. The minimum Gasteiger partial charge on any atom is -0.369 e. The molecule has 1 saturated heterocycles. The molecule has 0 atom stereocenters. The number of hydrogen-bond donors (Lipinski definition) is 2. The Morgan fingerprint density at radius 2 is 2.32 bits per heavy atom. The smallest absolute Gasteiger partial charge is 0.231 e. The Kier molecular flexibility index (Phi) is 4.70. The predicted molar refractivity (Wildman–Crippen MR) is 74.1 cm³/mol. The van der Waals surface area contributed by atoms with E-state index in [1.54, 1.807) is 10.9 Å². The Morgan fingerprint density at radius 1 is 1.58 bits per heavy atom. The van der Waals surface area contributed by atoms with Crippen LogP contribution in [0.3, 0.4) is 0 Å². The van der Waals surface area contributed by atoms with Crippen molar-refractivity contribution in [3.8, 4) is 0 Å². The zero-order valence-electron chi connectivity index (χ0n) is 11.1. The average molecular weight is 263 g/mol. The summed E-state index contributed by atoms with van der Waals surface area (Å²) in [4.78, 5) is 12.9. The largest absolute Gasteiger partial charge is 0.369 e. The fourth-order valence-corrected chi connectivity index (χ4v) is 2.35. The topological polar surface area (TPSA) is 76.2 Å². The molecule has 0 aliphatic carbocycles. The number of likely N-dealkylation sites (tertiary alicyclic amines) is 1. The van der Waals surface area contributed by atoms with Gasteiger partial charge in [0.25, 0.3) is 0 Å². The van der Waals surface area contributed by atoms with Crippen molar-refractivity contribution in [2.24, 2.45) is 5.73 Å². The van der Waals surface area contributed by atoms with E-state index >= 15 is 0 Å². The highest BCUT2D eigenvalue weighted by molar-refractivity contribution is 5.75. The molecule has 0 spiro atoms. The van der Waals surface area contributed by atoms with Gasteiger partial charge in [0.05, 0.1) is 12.7 Å². The van der Waals surface area contributed by atoms with Gasteiger partial charge in [-0.05, 0) is 12.8 Å². The summed E-state index contributed by atoms with van der Waals surface area (Å²) in [7, 11) is 0. The Bertz CT molecular complexity index is 434. The summed E-state index contributed by atoms with van der Waals surface area (Å²) in [5.41, 5.74) is 6.35. The van der Waals surface area contributed by atoms with Crippen molar-refractivity contribution in [3.63, 3.8) is 0 Å². The molecule has 3 N–H and O–H groups in total. The van der Waals surface area contributed by atoms with Crippen LogP contribution in [0, 0.1) is 0 Å². The Morgan fingerprint density at radius 3 is 2.89 bits per heavy atom. The van der Waals surface area contributed by atoms with Gasteiger partial charge in [0, 0.05) is 43.6 Å². The molecule has 0 aromatic carbocycles. The Hall–Kier alpha value is -1.66. The minimum absolute atomic E-state index is 0.247. The summed E-state index contributed by atoms with van der Waals surface area (Å²) in [5, 5.41) is 7.66. The number of aromatic nitrogens is 2. The molecular formula is C13H21N5O. The van der Waals surface area contributed by atoms with E-state index < -0.39 is 0 Å². The van der Waals surface area contributed by atoms with Gasteiger partial charge in [-0.2, -0.15) is 5.10 Å². The van der Waals surface area contributed by atoms with Crippen LogP contribution in [0.15, 0.2) is 19.0 Å². The second-order valence-corrected chi connectivity index (χ2v) is 4.91. The first-order valence-corrected chi connectivity index (χ1v) is 6.57. The highest BCUT2D eigenvalue weighted by Gasteiger charge is 2.19. The molecule has 0 radical (unpaired) electrons. The van der Waals surface area contributed by atoms with Gasteiger partial charge in [-0.25, -0.2) is 4.68 Å². The maximum atomic E-state index is 10.8. The predicted octanol–water partition coefficient (Wildman–Crippen LogP) is 0.0229. The summed E-state index contributed by atoms with van der Waals surface area (Å²) in [6.07, 6.45) is 7.57. The van der Waals surface area contributed by atoms with Gasteiger partial charge in [-0.1, -0.05) is 6.58 Å². The summed E-state index contributed by atoms with van der Waals surface area (Å²) < 4.78 is 1.70. The van der Waals surface area contributed by atoms with E-state index in [1.165, 1.54) is 0 Å². The molecule has 1 fully saturated rings. The molecule has 1 amide bonds. The Balaban J connectivity index is 1.70. The van der Waals surface area contributed by atoms with E-state index in [0.717, 1.165) is 38.0 Å². The van der Waals surface area contributed by atoms with E-state index in [2.05, 4.69) is 21.9 Å². The lowest BCUT2D eigenvalue weighted by molar-refractivity contribution is -0.119. The molecule has 1 aliphatic heterocycles. The first-order valence-electron chi connectivity index (χ1n) is 6.57. The number of carbonyl (C=O) groups excluding carboxylic acids is 1. The summed E-state index contributed by atoms with van der Waals surface area (Å²) in [6.45, 7) is 6.70. The molecule has 2 rings (SSSR count). The molecule has 6 nitrogen and oxygen atoms in total. The maximum Gasteiger partial charge on any atom is 0.231 e. The van der Waals surface area contributed by atoms with Gasteiger partial charge < -0.3 is 11.1 Å². The number of hydrogen-bond acceptors (Lipinski definition) is 4. The number of nitrogens with two attached hydrogens (primary N) is 1. The van der Waals surface area contributed by atoms with Gasteiger partial charge in [0.1, 0.15) is 0 Å². The van der Waals surface area contributed by atoms with Crippen molar-refractivity contribution in [1.82, 2.24) is 20.0 Å². The van der Waals surface area contributed by atoms with E-state index in [1.807, 2.05) is 12.4 Å². The summed E-state index contributed by atoms with van der Waals surface area (Å²) >= 11 is 0. The number of piperidine rings is 1.